The summed E-state index contributed by atoms with van der Waals surface area (Å²) >= 11 is 0. The van der Waals surface area contributed by atoms with E-state index in [1.165, 1.54) is 0 Å². The van der Waals surface area contributed by atoms with E-state index in [4.69, 9.17) is 4.74 Å². The first-order valence-electron chi connectivity index (χ1n) is 9.29. The molecular weight excluding hydrogens is 471 g/mol. The molecule has 0 amide bonds. The number of likely N-dealkylation sites (tertiary alicyclic amines) is 1. The molecule has 1 saturated heterocycles. The normalized spacial score (nSPS) is 15.1. The van der Waals surface area contributed by atoms with Gasteiger partial charge in [-0.1, -0.05) is 18.2 Å². The minimum atomic E-state index is -0.0870. The molecule has 0 radical (unpaired) electrons. The SMILES string of the molecule is CCOC(=O)C1CCN(C(=NC)NCc2nncn2-c2ccccc2)CC1.I. The molecule has 1 aliphatic rings. The van der Waals surface area contributed by atoms with Gasteiger partial charge < -0.3 is 15.0 Å². The first kappa shape index (κ1) is 22.1. The van der Waals surface area contributed by atoms with E-state index in [0.29, 0.717) is 13.2 Å². The van der Waals surface area contributed by atoms with Crippen molar-refractivity contribution in [2.75, 3.05) is 26.7 Å². The Morgan fingerprint density at radius 3 is 2.64 bits per heavy atom. The van der Waals surface area contributed by atoms with Crippen molar-refractivity contribution in [1.82, 2.24) is 25.0 Å². The minimum Gasteiger partial charge on any atom is -0.466 e. The summed E-state index contributed by atoms with van der Waals surface area (Å²) in [6, 6.07) is 9.98. The Bertz CT molecular complexity index is 772. The second-order valence-corrected chi connectivity index (χ2v) is 6.37. The molecule has 1 aromatic heterocycles. The molecule has 0 bridgehead atoms. The lowest BCUT2D eigenvalue weighted by atomic mass is 9.97. The first-order valence-corrected chi connectivity index (χ1v) is 9.29. The van der Waals surface area contributed by atoms with Crippen LogP contribution in [0.4, 0.5) is 0 Å². The number of aliphatic imine (C=N–C) groups is 1. The largest absolute Gasteiger partial charge is 0.466 e. The van der Waals surface area contributed by atoms with Crippen molar-refractivity contribution in [3.63, 3.8) is 0 Å². The fourth-order valence-corrected chi connectivity index (χ4v) is 3.26. The number of benzene rings is 1. The third-order valence-corrected chi connectivity index (χ3v) is 4.68. The van der Waals surface area contributed by atoms with Crippen molar-refractivity contribution in [3.05, 3.63) is 42.5 Å². The molecule has 1 fully saturated rings. The van der Waals surface area contributed by atoms with Crippen LogP contribution in [0.1, 0.15) is 25.6 Å². The van der Waals surface area contributed by atoms with Gasteiger partial charge in [0.05, 0.1) is 19.1 Å². The van der Waals surface area contributed by atoms with E-state index in [0.717, 1.165) is 43.4 Å². The van der Waals surface area contributed by atoms with Gasteiger partial charge in [-0.3, -0.25) is 14.4 Å². The number of nitrogens with zero attached hydrogens (tertiary/aromatic N) is 5. The molecule has 2 aromatic rings. The third kappa shape index (κ3) is 5.43. The number of hydrogen-bond donors (Lipinski definition) is 1. The summed E-state index contributed by atoms with van der Waals surface area (Å²) in [5.41, 5.74) is 1.02. The molecule has 1 aromatic carbocycles. The lowest BCUT2D eigenvalue weighted by molar-refractivity contribution is -0.149. The predicted molar refractivity (Wildman–Crippen MR) is 118 cm³/mol. The van der Waals surface area contributed by atoms with Gasteiger partial charge in [0.25, 0.3) is 0 Å². The van der Waals surface area contributed by atoms with Crippen molar-refractivity contribution < 1.29 is 9.53 Å². The van der Waals surface area contributed by atoms with Crippen molar-refractivity contribution in [3.8, 4) is 5.69 Å². The summed E-state index contributed by atoms with van der Waals surface area (Å²) in [6.07, 6.45) is 3.26. The zero-order chi connectivity index (χ0) is 19.1. The Balaban J connectivity index is 0.00000280. The maximum absolute atomic E-state index is 11.9. The van der Waals surface area contributed by atoms with Crippen LogP contribution in [-0.2, 0) is 16.1 Å². The summed E-state index contributed by atoms with van der Waals surface area (Å²) < 4.78 is 7.09. The molecule has 9 heteroatoms. The zero-order valence-electron chi connectivity index (χ0n) is 16.2. The number of aromatic nitrogens is 3. The maximum Gasteiger partial charge on any atom is 0.309 e. The molecule has 1 N–H and O–H groups in total. The lowest BCUT2D eigenvalue weighted by Crippen LogP contribution is -2.46. The van der Waals surface area contributed by atoms with E-state index in [1.807, 2.05) is 41.8 Å². The van der Waals surface area contributed by atoms with E-state index < -0.39 is 0 Å². The summed E-state index contributed by atoms with van der Waals surface area (Å²) in [5.74, 6) is 1.51. The number of piperidine rings is 1. The Morgan fingerprint density at radius 2 is 2.00 bits per heavy atom. The second-order valence-electron chi connectivity index (χ2n) is 6.37. The average molecular weight is 498 g/mol. The molecule has 3 rings (SSSR count). The van der Waals surface area contributed by atoms with Crippen molar-refractivity contribution in [2.24, 2.45) is 10.9 Å². The van der Waals surface area contributed by atoms with Gasteiger partial charge in [-0.2, -0.15) is 0 Å². The van der Waals surface area contributed by atoms with E-state index in [9.17, 15) is 4.79 Å². The quantitative estimate of drug-likeness (QED) is 0.295. The fraction of sp³-hybridized carbons (Fsp3) is 0.474. The predicted octanol–water partition coefficient (Wildman–Crippen LogP) is 2.24. The number of carbonyl (C=O) groups excluding carboxylic acids is 1. The van der Waals surface area contributed by atoms with E-state index in [-0.39, 0.29) is 35.9 Å². The zero-order valence-corrected chi connectivity index (χ0v) is 18.6. The Hall–Kier alpha value is -2.17. The standard InChI is InChI=1S/C19H26N6O2.HI/c1-3-27-18(26)15-9-11-24(12-10-15)19(20-2)21-13-17-23-22-14-25(17)16-7-5-4-6-8-16;/h4-8,14-15H,3,9-13H2,1-2H3,(H,20,21);1H. The molecule has 8 nitrogen and oxygen atoms in total. The summed E-state index contributed by atoms with van der Waals surface area (Å²) in [4.78, 5) is 18.4. The fourth-order valence-electron chi connectivity index (χ4n) is 3.26. The van der Waals surface area contributed by atoms with Gasteiger partial charge in [-0.05, 0) is 31.9 Å². The van der Waals surface area contributed by atoms with Crippen LogP contribution in [0.25, 0.3) is 5.69 Å². The first-order chi connectivity index (χ1) is 13.2. The van der Waals surface area contributed by atoms with Crippen LogP contribution in [0.3, 0.4) is 0 Å². The van der Waals surface area contributed by atoms with Crippen LogP contribution in [-0.4, -0.2) is 58.3 Å². The van der Waals surface area contributed by atoms with Crippen LogP contribution in [0.5, 0.6) is 0 Å². The number of halogens is 1. The minimum absolute atomic E-state index is 0. The van der Waals surface area contributed by atoms with Crippen LogP contribution in [0.2, 0.25) is 0 Å². The Labute approximate surface area is 182 Å². The summed E-state index contributed by atoms with van der Waals surface area (Å²) in [6.45, 7) is 4.33. The van der Waals surface area contributed by atoms with Gasteiger partial charge in [0, 0.05) is 25.8 Å². The van der Waals surface area contributed by atoms with Crippen molar-refractivity contribution in [2.45, 2.75) is 26.3 Å². The summed E-state index contributed by atoms with van der Waals surface area (Å²) in [5, 5.41) is 11.6. The van der Waals surface area contributed by atoms with Gasteiger partial charge in [-0.25, -0.2) is 0 Å². The van der Waals surface area contributed by atoms with Gasteiger partial charge in [0.1, 0.15) is 6.33 Å². The molecule has 28 heavy (non-hydrogen) atoms. The molecular formula is C19H27IN6O2. The molecule has 152 valence electrons. The average Bonchev–Trinajstić information content (AvgIpc) is 3.18. The van der Waals surface area contributed by atoms with Crippen LogP contribution < -0.4 is 5.32 Å². The van der Waals surface area contributed by atoms with E-state index in [2.05, 4.69) is 25.4 Å². The van der Waals surface area contributed by atoms with Crippen LogP contribution >= 0.6 is 24.0 Å². The highest BCUT2D eigenvalue weighted by molar-refractivity contribution is 14.0. The molecule has 0 aliphatic carbocycles. The third-order valence-electron chi connectivity index (χ3n) is 4.68. The smallest absolute Gasteiger partial charge is 0.309 e. The van der Waals surface area contributed by atoms with Crippen molar-refractivity contribution in [1.29, 1.82) is 0 Å². The van der Waals surface area contributed by atoms with Crippen LogP contribution in [0, 0.1) is 5.92 Å². The molecule has 2 heterocycles. The number of hydrogen-bond acceptors (Lipinski definition) is 5. The summed E-state index contributed by atoms with van der Waals surface area (Å²) in [7, 11) is 1.77. The lowest BCUT2D eigenvalue weighted by Gasteiger charge is -2.33. The van der Waals surface area contributed by atoms with E-state index >= 15 is 0 Å². The number of carbonyl (C=O) groups is 1. The highest BCUT2D eigenvalue weighted by Crippen LogP contribution is 2.19. The number of para-hydroxylation sites is 1. The van der Waals surface area contributed by atoms with Gasteiger partial charge in [0.15, 0.2) is 11.8 Å². The van der Waals surface area contributed by atoms with Crippen LogP contribution in [0.15, 0.2) is 41.7 Å². The topological polar surface area (TPSA) is 84.6 Å². The number of guanidine groups is 1. The maximum atomic E-state index is 11.9. The number of nitrogens with one attached hydrogen (secondary N) is 1. The Kier molecular flexibility index (Phi) is 8.68. The van der Waals surface area contributed by atoms with E-state index in [1.54, 1.807) is 13.4 Å². The van der Waals surface area contributed by atoms with Gasteiger partial charge in [-0.15, -0.1) is 34.2 Å². The van der Waals surface area contributed by atoms with Crippen molar-refractivity contribution >= 4 is 35.9 Å². The van der Waals surface area contributed by atoms with Gasteiger partial charge >= 0.3 is 5.97 Å². The van der Waals surface area contributed by atoms with Gasteiger partial charge in [0.2, 0.25) is 0 Å². The molecule has 0 spiro atoms. The molecule has 1 aliphatic heterocycles. The number of esters is 1. The molecule has 0 unspecified atom stereocenters. The highest BCUT2D eigenvalue weighted by atomic mass is 127. The number of ether oxygens (including phenoxy) is 1. The molecule has 0 saturated carbocycles. The monoisotopic (exact) mass is 498 g/mol. The molecule has 0 atom stereocenters. The second kappa shape index (κ2) is 11.0. The highest BCUT2D eigenvalue weighted by Gasteiger charge is 2.27. The number of rotatable bonds is 5. The Morgan fingerprint density at radius 1 is 1.29 bits per heavy atom.